The van der Waals surface area contributed by atoms with Crippen molar-refractivity contribution in [3.8, 4) is 0 Å². The fourth-order valence-corrected chi connectivity index (χ4v) is 4.18. The molecule has 5 heteroatoms. The van der Waals surface area contributed by atoms with Gasteiger partial charge in [-0.15, -0.1) is 0 Å². The molecule has 4 nitrogen and oxygen atoms in total. The van der Waals surface area contributed by atoms with E-state index in [9.17, 15) is 4.55 Å². The van der Waals surface area contributed by atoms with Gasteiger partial charge in [-0.3, -0.25) is 4.68 Å². The van der Waals surface area contributed by atoms with E-state index in [0.29, 0.717) is 6.42 Å². The van der Waals surface area contributed by atoms with Gasteiger partial charge in [-0.25, -0.2) is 0 Å². The maximum absolute atomic E-state index is 12.9. The van der Waals surface area contributed by atoms with Crippen LogP contribution in [0.2, 0.25) is 0 Å². The minimum atomic E-state index is -1.32. The molecule has 148 valence electrons. The van der Waals surface area contributed by atoms with Crippen LogP contribution in [0.1, 0.15) is 48.7 Å². The second-order valence-corrected chi connectivity index (χ2v) is 8.38. The van der Waals surface area contributed by atoms with Crippen LogP contribution < -0.4 is 4.72 Å². The molecular formula is C23H29N3OS. The normalized spacial score (nSPS) is 12.1. The van der Waals surface area contributed by atoms with Crippen molar-refractivity contribution in [2.75, 3.05) is 4.72 Å². The summed E-state index contributed by atoms with van der Waals surface area (Å²) in [5.74, 6) is 0. The van der Waals surface area contributed by atoms with Crippen LogP contribution in [-0.4, -0.2) is 14.3 Å². The lowest BCUT2D eigenvalue weighted by atomic mass is 10.1. The second-order valence-electron chi connectivity index (χ2n) is 7.16. The summed E-state index contributed by atoms with van der Waals surface area (Å²) in [6.07, 6.45) is 5.46. The monoisotopic (exact) mass is 395 g/mol. The van der Waals surface area contributed by atoms with Crippen molar-refractivity contribution < 1.29 is 4.55 Å². The molecule has 2 aromatic carbocycles. The summed E-state index contributed by atoms with van der Waals surface area (Å²) in [4.78, 5) is 0.785. The highest BCUT2D eigenvalue weighted by atomic mass is 32.2. The van der Waals surface area contributed by atoms with Crippen LogP contribution in [0.25, 0.3) is 0 Å². The van der Waals surface area contributed by atoms with Crippen molar-refractivity contribution in [3.05, 3.63) is 77.1 Å². The molecule has 28 heavy (non-hydrogen) atoms. The highest BCUT2D eigenvalue weighted by Gasteiger charge is 2.20. The number of unbranched alkanes of at least 4 members (excludes halogenated alkanes) is 2. The Morgan fingerprint density at radius 3 is 2.39 bits per heavy atom. The molecule has 1 N–H and O–H groups in total. The molecule has 1 atom stereocenters. The van der Waals surface area contributed by atoms with Gasteiger partial charge in [0.15, 0.2) is 4.90 Å². The lowest BCUT2D eigenvalue weighted by Crippen LogP contribution is -2.14. The zero-order chi connectivity index (χ0) is 19.9. The number of nitrogens with zero attached hydrogens (tertiary/aromatic N) is 2. The van der Waals surface area contributed by atoms with Crippen LogP contribution in [0.4, 0.5) is 5.69 Å². The van der Waals surface area contributed by atoms with Crippen molar-refractivity contribution in [2.45, 2.75) is 50.8 Å². The number of aryl methyl sites for hydroxylation is 2. The van der Waals surface area contributed by atoms with Crippen LogP contribution >= 0.6 is 0 Å². The predicted octanol–water partition coefficient (Wildman–Crippen LogP) is 5.19. The van der Waals surface area contributed by atoms with E-state index in [1.54, 1.807) is 0 Å². The molecular weight excluding hydrogens is 366 g/mol. The second kappa shape index (κ2) is 9.80. The third-order valence-electron chi connectivity index (χ3n) is 5.02. The minimum Gasteiger partial charge on any atom is -0.588 e. The third kappa shape index (κ3) is 5.18. The molecule has 0 saturated carbocycles. The highest BCUT2D eigenvalue weighted by molar-refractivity contribution is 7.92. The van der Waals surface area contributed by atoms with Crippen molar-refractivity contribution in [1.29, 1.82) is 0 Å². The lowest BCUT2D eigenvalue weighted by molar-refractivity contribution is 0.600. The van der Waals surface area contributed by atoms with E-state index in [-0.39, 0.29) is 0 Å². The van der Waals surface area contributed by atoms with E-state index in [4.69, 9.17) is 0 Å². The molecule has 0 spiro atoms. The smallest absolute Gasteiger partial charge is 0.179 e. The molecule has 0 saturated heterocycles. The van der Waals surface area contributed by atoms with E-state index in [1.165, 1.54) is 30.4 Å². The Morgan fingerprint density at radius 2 is 1.71 bits per heavy atom. The summed E-state index contributed by atoms with van der Waals surface area (Å²) in [7, 11) is 1.92. The molecule has 1 heterocycles. The quantitative estimate of drug-likeness (QED) is 0.401. The summed E-state index contributed by atoms with van der Waals surface area (Å²) in [6, 6.07) is 18.3. The Kier molecular flexibility index (Phi) is 7.18. The predicted molar refractivity (Wildman–Crippen MR) is 117 cm³/mol. The summed E-state index contributed by atoms with van der Waals surface area (Å²) < 4.78 is 18.0. The van der Waals surface area contributed by atoms with Crippen molar-refractivity contribution in [3.63, 3.8) is 0 Å². The van der Waals surface area contributed by atoms with E-state index in [1.807, 2.05) is 49.0 Å². The van der Waals surface area contributed by atoms with Crippen molar-refractivity contribution in [2.24, 2.45) is 7.05 Å². The van der Waals surface area contributed by atoms with Crippen LogP contribution in [0.15, 0.2) is 59.5 Å². The number of rotatable bonds is 9. The van der Waals surface area contributed by atoms with Gasteiger partial charge in [0.1, 0.15) is 17.0 Å². The van der Waals surface area contributed by atoms with Gasteiger partial charge in [0.2, 0.25) is 0 Å². The van der Waals surface area contributed by atoms with E-state index < -0.39 is 11.4 Å². The average molecular weight is 396 g/mol. The van der Waals surface area contributed by atoms with Crippen LogP contribution in [-0.2, 0) is 31.3 Å². The van der Waals surface area contributed by atoms with E-state index in [2.05, 4.69) is 41.0 Å². The number of hydrogen-bond acceptors (Lipinski definition) is 3. The largest absolute Gasteiger partial charge is 0.588 e. The summed E-state index contributed by atoms with van der Waals surface area (Å²) in [5, 5.41) is 4.63. The Hall–Kier alpha value is -2.24. The van der Waals surface area contributed by atoms with Gasteiger partial charge in [-0.05, 0) is 43.0 Å². The van der Waals surface area contributed by atoms with Gasteiger partial charge < -0.3 is 4.55 Å². The van der Waals surface area contributed by atoms with Crippen molar-refractivity contribution >= 4 is 17.0 Å². The molecule has 0 radical (unpaired) electrons. The molecule has 0 fully saturated rings. The number of anilines is 1. The van der Waals surface area contributed by atoms with Gasteiger partial charge >= 0.3 is 0 Å². The number of nitrogens with one attached hydrogen (secondary N) is 1. The number of benzene rings is 2. The van der Waals surface area contributed by atoms with Gasteiger partial charge in [0, 0.05) is 13.5 Å². The zero-order valence-corrected chi connectivity index (χ0v) is 17.8. The molecule has 0 aliphatic carbocycles. The summed E-state index contributed by atoms with van der Waals surface area (Å²) >= 11 is -1.32. The molecule has 0 aliphatic rings. The first-order valence-corrected chi connectivity index (χ1v) is 11.1. The van der Waals surface area contributed by atoms with Crippen LogP contribution in [0.5, 0.6) is 0 Å². The first-order chi connectivity index (χ1) is 13.6. The van der Waals surface area contributed by atoms with E-state index >= 15 is 0 Å². The topological polar surface area (TPSA) is 52.9 Å². The van der Waals surface area contributed by atoms with Gasteiger partial charge in [-0.2, -0.15) is 9.82 Å². The van der Waals surface area contributed by atoms with Gasteiger partial charge in [0.25, 0.3) is 0 Å². The van der Waals surface area contributed by atoms with E-state index in [0.717, 1.165) is 28.4 Å². The Balaban J connectivity index is 1.72. The first-order valence-electron chi connectivity index (χ1n) is 9.92. The lowest BCUT2D eigenvalue weighted by Gasteiger charge is -2.13. The molecule has 1 aromatic heterocycles. The Bertz CT molecular complexity index is 875. The first kappa shape index (κ1) is 20.5. The van der Waals surface area contributed by atoms with Gasteiger partial charge in [0.05, 0.1) is 11.4 Å². The average Bonchev–Trinajstić information content (AvgIpc) is 2.97. The summed E-state index contributed by atoms with van der Waals surface area (Å²) in [6.45, 7) is 4.21. The van der Waals surface area contributed by atoms with Crippen molar-refractivity contribution in [1.82, 2.24) is 9.78 Å². The molecule has 3 aromatic rings. The maximum atomic E-state index is 12.9. The summed E-state index contributed by atoms with van der Waals surface area (Å²) in [5.41, 5.74) is 5.24. The Labute approximate surface area is 171 Å². The van der Waals surface area contributed by atoms with Gasteiger partial charge in [-0.1, -0.05) is 62.2 Å². The Morgan fingerprint density at radius 1 is 1.00 bits per heavy atom. The standard InChI is InChI=1S/C23H29N3OS/c1-4-5-7-10-19-13-15-21(16-14-19)28(27)25-23-18(2)26(3)24-22(23)17-20-11-8-6-9-12-20/h6,8-9,11-16,25H,4-5,7,10,17H2,1-3H3. The fourth-order valence-electron chi connectivity index (χ4n) is 3.23. The molecule has 0 aliphatic heterocycles. The number of hydrogen-bond donors (Lipinski definition) is 1. The molecule has 1 unspecified atom stereocenters. The van der Waals surface area contributed by atoms with Crippen LogP contribution in [0, 0.1) is 6.92 Å². The molecule has 0 bridgehead atoms. The minimum absolute atomic E-state index is 0.707. The SMILES string of the molecule is CCCCCc1ccc([S+]([O-])Nc2c(Cc3ccccc3)nn(C)c2C)cc1. The fraction of sp³-hybridized carbons (Fsp3) is 0.348. The molecule has 0 amide bonds. The third-order valence-corrected chi connectivity index (χ3v) is 6.11. The molecule has 3 rings (SSSR count). The van der Waals surface area contributed by atoms with Crippen LogP contribution in [0.3, 0.4) is 0 Å². The zero-order valence-electron chi connectivity index (χ0n) is 16.9. The maximum Gasteiger partial charge on any atom is 0.179 e. The highest BCUT2D eigenvalue weighted by Crippen LogP contribution is 2.26. The number of aromatic nitrogens is 2.